The van der Waals surface area contributed by atoms with E-state index in [1.165, 1.54) is 0 Å². The number of fused-ring (bicyclic) bond motifs is 1. The van der Waals surface area contributed by atoms with Crippen LogP contribution in [0.5, 0.6) is 0 Å². The first-order valence-corrected chi connectivity index (χ1v) is 9.13. The summed E-state index contributed by atoms with van der Waals surface area (Å²) in [5, 5.41) is 19.3. The van der Waals surface area contributed by atoms with E-state index in [4.69, 9.17) is 0 Å². The molecule has 3 heterocycles. The van der Waals surface area contributed by atoms with E-state index in [0.29, 0.717) is 39.0 Å². The van der Waals surface area contributed by atoms with Crippen molar-refractivity contribution in [2.45, 2.75) is 44.5 Å². The van der Waals surface area contributed by atoms with Crippen molar-refractivity contribution in [1.29, 1.82) is 0 Å². The Morgan fingerprint density at radius 2 is 1.88 bits per heavy atom. The van der Waals surface area contributed by atoms with Gasteiger partial charge < -0.3 is 14.6 Å². The summed E-state index contributed by atoms with van der Waals surface area (Å²) in [5.41, 5.74) is 0.0979. The Morgan fingerprint density at radius 3 is 2.58 bits per heavy atom. The monoisotopic (exact) mass is 355 g/mol. The van der Waals surface area contributed by atoms with Gasteiger partial charge in [0.2, 0.25) is 5.91 Å². The maximum atomic E-state index is 13.1. The summed E-state index contributed by atoms with van der Waals surface area (Å²) >= 11 is 0. The van der Waals surface area contributed by atoms with Crippen molar-refractivity contribution in [3.63, 3.8) is 0 Å². The molecule has 1 N–H and O–H groups in total. The maximum Gasteiger partial charge on any atom is 0.241 e. The second-order valence-electron chi connectivity index (χ2n) is 7.43. The van der Waals surface area contributed by atoms with Crippen molar-refractivity contribution in [3.05, 3.63) is 47.5 Å². The molecule has 1 amide bonds. The molecule has 0 radical (unpaired) electrons. The molecule has 1 unspecified atom stereocenters. The van der Waals surface area contributed by atoms with Crippen molar-refractivity contribution in [1.82, 2.24) is 24.6 Å². The molecule has 0 aliphatic carbocycles. The van der Waals surface area contributed by atoms with Crippen LogP contribution in [-0.4, -0.2) is 61.8 Å². The van der Waals surface area contributed by atoms with Crippen LogP contribution in [0.3, 0.4) is 0 Å². The van der Waals surface area contributed by atoms with E-state index < -0.39 is 5.60 Å². The quantitative estimate of drug-likeness (QED) is 0.867. The van der Waals surface area contributed by atoms with E-state index in [1.807, 2.05) is 58.7 Å². The highest BCUT2D eigenvalue weighted by Gasteiger charge is 2.39. The average Bonchev–Trinajstić information content (AvgIpc) is 3.02. The minimum Gasteiger partial charge on any atom is -0.385 e. The molecule has 0 bridgehead atoms. The first kappa shape index (κ1) is 17.2. The Hall–Kier alpha value is -2.25. The molecule has 7 nitrogen and oxygen atoms in total. The zero-order chi connectivity index (χ0) is 18.3. The number of carbonyl (C=O) groups excluding carboxylic acids is 1. The average molecular weight is 355 g/mol. The number of aliphatic hydroxyl groups is 1. The second kappa shape index (κ2) is 6.48. The van der Waals surface area contributed by atoms with Gasteiger partial charge in [0, 0.05) is 13.1 Å². The Balaban J connectivity index is 1.45. The van der Waals surface area contributed by atoms with E-state index in [1.54, 1.807) is 0 Å². The van der Waals surface area contributed by atoms with Crippen molar-refractivity contribution >= 4 is 5.91 Å². The first-order chi connectivity index (χ1) is 12.5. The summed E-state index contributed by atoms with van der Waals surface area (Å²) in [7, 11) is 1.96. The maximum absolute atomic E-state index is 13.1. The predicted molar refractivity (Wildman–Crippen MR) is 96.2 cm³/mol. The van der Waals surface area contributed by atoms with Crippen molar-refractivity contribution in [3.8, 4) is 0 Å². The van der Waals surface area contributed by atoms with Crippen LogP contribution in [0.25, 0.3) is 0 Å². The molecule has 138 valence electrons. The van der Waals surface area contributed by atoms with E-state index >= 15 is 0 Å². The number of benzene rings is 1. The minimum atomic E-state index is -0.839. The number of piperidine rings is 1. The van der Waals surface area contributed by atoms with E-state index in [-0.39, 0.29) is 11.9 Å². The molecule has 1 fully saturated rings. The van der Waals surface area contributed by atoms with Crippen LogP contribution in [0.15, 0.2) is 30.3 Å². The van der Waals surface area contributed by atoms with Gasteiger partial charge in [-0.3, -0.25) is 9.69 Å². The number of hydrogen-bond acceptors (Lipinski definition) is 5. The Kier molecular flexibility index (Phi) is 4.28. The number of aromatic nitrogens is 3. The number of rotatable bonds is 2. The van der Waals surface area contributed by atoms with Gasteiger partial charge in [-0.2, -0.15) is 0 Å². The number of hydrogen-bond donors (Lipinski definition) is 1. The van der Waals surface area contributed by atoms with Gasteiger partial charge in [0.1, 0.15) is 17.7 Å². The lowest BCUT2D eigenvalue weighted by atomic mass is 9.84. The Morgan fingerprint density at radius 1 is 1.19 bits per heavy atom. The molecule has 1 saturated heterocycles. The third-order valence-electron chi connectivity index (χ3n) is 5.79. The van der Waals surface area contributed by atoms with Gasteiger partial charge in [-0.25, -0.2) is 0 Å². The number of likely N-dealkylation sites (tertiary alicyclic amines) is 1. The molecule has 2 aromatic rings. The molecule has 7 heteroatoms. The van der Waals surface area contributed by atoms with Gasteiger partial charge in [0.25, 0.3) is 0 Å². The molecule has 26 heavy (non-hydrogen) atoms. The number of likely N-dealkylation sites (N-methyl/N-ethyl adjacent to an activating group) is 1. The standard InChI is InChI=1S/C19H25N5O2/c1-14-20-21-17-13-22(2)16(12-24(14)17)18(25)23-10-8-19(26,9-11-23)15-6-4-3-5-7-15/h3-7,16,26H,8-13H2,1-2H3. The molecule has 2 aliphatic rings. The summed E-state index contributed by atoms with van der Waals surface area (Å²) in [4.78, 5) is 17.0. The van der Waals surface area contributed by atoms with Crippen LogP contribution in [0.1, 0.15) is 30.1 Å². The fraction of sp³-hybridized carbons (Fsp3) is 0.526. The van der Waals surface area contributed by atoms with Crippen LogP contribution in [-0.2, 0) is 23.5 Å². The number of amides is 1. The van der Waals surface area contributed by atoms with E-state index in [2.05, 4.69) is 10.2 Å². The van der Waals surface area contributed by atoms with Gasteiger partial charge in [0.15, 0.2) is 0 Å². The number of aryl methyl sites for hydroxylation is 1. The van der Waals surface area contributed by atoms with Gasteiger partial charge in [-0.15, -0.1) is 10.2 Å². The van der Waals surface area contributed by atoms with Crippen molar-refractivity contribution < 1.29 is 9.90 Å². The van der Waals surface area contributed by atoms with E-state index in [0.717, 1.165) is 17.2 Å². The van der Waals surface area contributed by atoms with Crippen LogP contribution in [0.2, 0.25) is 0 Å². The third-order valence-corrected chi connectivity index (χ3v) is 5.79. The molecular formula is C19H25N5O2. The lowest BCUT2D eigenvalue weighted by molar-refractivity contribution is -0.142. The van der Waals surface area contributed by atoms with Crippen LogP contribution < -0.4 is 0 Å². The normalized spacial score (nSPS) is 22.9. The van der Waals surface area contributed by atoms with E-state index in [9.17, 15) is 9.90 Å². The molecular weight excluding hydrogens is 330 g/mol. The van der Waals surface area contributed by atoms with Gasteiger partial charge in [-0.05, 0) is 32.4 Å². The fourth-order valence-corrected chi connectivity index (χ4v) is 4.04. The molecule has 1 aromatic carbocycles. The lowest BCUT2D eigenvalue weighted by Crippen LogP contribution is -2.55. The summed E-state index contributed by atoms with van der Waals surface area (Å²) in [6.07, 6.45) is 1.13. The van der Waals surface area contributed by atoms with Crippen molar-refractivity contribution in [2.24, 2.45) is 0 Å². The number of nitrogens with zero attached hydrogens (tertiary/aromatic N) is 5. The van der Waals surface area contributed by atoms with Crippen LogP contribution in [0, 0.1) is 6.92 Å². The summed E-state index contributed by atoms with van der Waals surface area (Å²) in [6.45, 7) is 4.28. The largest absolute Gasteiger partial charge is 0.385 e. The zero-order valence-electron chi connectivity index (χ0n) is 15.3. The lowest BCUT2D eigenvalue weighted by Gasteiger charge is -2.41. The highest BCUT2D eigenvalue weighted by Crippen LogP contribution is 2.33. The Labute approximate surface area is 153 Å². The van der Waals surface area contributed by atoms with Gasteiger partial charge in [-0.1, -0.05) is 30.3 Å². The predicted octanol–water partition coefficient (Wildman–Crippen LogP) is 0.911. The SMILES string of the molecule is Cc1nnc2n1CC(C(=O)N1CCC(O)(c3ccccc3)CC1)N(C)C2. The molecule has 2 aliphatic heterocycles. The second-order valence-corrected chi connectivity index (χ2v) is 7.43. The molecule has 1 aromatic heterocycles. The highest BCUT2D eigenvalue weighted by molar-refractivity contribution is 5.82. The summed E-state index contributed by atoms with van der Waals surface area (Å²) in [5.74, 6) is 1.88. The molecule has 4 rings (SSSR count). The number of carbonyl (C=O) groups is 1. The van der Waals surface area contributed by atoms with Gasteiger partial charge in [0.05, 0.1) is 18.7 Å². The molecule has 1 atom stereocenters. The molecule has 0 saturated carbocycles. The first-order valence-electron chi connectivity index (χ1n) is 9.13. The molecule has 0 spiro atoms. The van der Waals surface area contributed by atoms with Crippen LogP contribution in [0.4, 0.5) is 0 Å². The fourth-order valence-electron chi connectivity index (χ4n) is 4.04. The van der Waals surface area contributed by atoms with Crippen molar-refractivity contribution in [2.75, 3.05) is 20.1 Å². The van der Waals surface area contributed by atoms with Crippen LogP contribution >= 0.6 is 0 Å². The minimum absolute atomic E-state index is 0.126. The smallest absolute Gasteiger partial charge is 0.241 e. The van der Waals surface area contributed by atoms with Gasteiger partial charge >= 0.3 is 0 Å². The highest BCUT2D eigenvalue weighted by atomic mass is 16.3. The topological polar surface area (TPSA) is 74.5 Å². The zero-order valence-corrected chi connectivity index (χ0v) is 15.3. The summed E-state index contributed by atoms with van der Waals surface area (Å²) in [6, 6.07) is 9.55. The third kappa shape index (κ3) is 2.91. The summed E-state index contributed by atoms with van der Waals surface area (Å²) < 4.78 is 2.03. The Bertz CT molecular complexity index is 796.